The summed E-state index contributed by atoms with van der Waals surface area (Å²) in [5.74, 6) is -2.15. The molecule has 0 aliphatic heterocycles. The van der Waals surface area contributed by atoms with E-state index >= 15 is 0 Å². The van der Waals surface area contributed by atoms with E-state index in [0.717, 1.165) is 0 Å². The van der Waals surface area contributed by atoms with Gasteiger partial charge in [-0.1, -0.05) is 18.2 Å². The first kappa shape index (κ1) is 15.9. The number of rotatable bonds is 3. The molecular weight excluding hydrogens is 262 g/mol. The summed E-state index contributed by atoms with van der Waals surface area (Å²) in [6.07, 6.45) is 0. The number of carbonyl (C=O) groups excluding carboxylic acids is 1. The lowest BCUT2D eigenvalue weighted by Crippen LogP contribution is -2.20. The lowest BCUT2D eigenvalue weighted by molar-refractivity contribution is -0.131. The van der Waals surface area contributed by atoms with Gasteiger partial charge in [0.1, 0.15) is 5.75 Å². The Morgan fingerprint density at radius 2 is 1.72 bits per heavy atom. The Morgan fingerprint density at radius 3 is 2.11 bits per heavy atom. The smallest absolute Gasteiger partial charge is 0.329 e. The van der Waals surface area contributed by atoms with Gasteiger partial charge in [0.15, 0.2) is 11.7 Å². The van der Waals surface area contributed by atoms with Gasteiger partial charge in [-0.3, -0.25) is 14.8 Å². The summed E-state index contributed by atoms with van der Waals surface area (Å²) < 4.78 is 33.5. The van der Waals surface area contributed by atoms with Crippen molar-refractivity contribution in [3.63, 3.8) is 0 Å². The predicted octanol–water partition coefficient (Wildman–Crippen LogP) is -0.682. The van der Waals surface area contributed by atoms with E-state index in [0.29, 0.717) is 0 Å². The molecule has 0 spiro atoms. The molecule has 6 N–H and O–H groups in total. The zero-order valence-corrected chi connectivity index (χ0v) is 10.1. The third-order valence-corrected chi connectivity index (χ3v) is 1.88. The van der Waals surface area contributed by atoms with Crippen LogP contribution >= 0.6 is 0 Å². The molecule has 0 atom stereocenters. The molecule has 0 saturated heterocycles. The number of esters is 1. The number of hydrogen-bond acceptors (Lipinski definition) is 5. The third kappa shape index (κ3) is 10.4. The molecule has 18 heavy (non-hydrogen) atoms. The average molecular weight is 275 g/mol. The average Bonchev–Trinajstić information content (AvgIpc) is 2.14. The van der Waals surface area contributed by atoms with Gasteiger partial charge in [0.2, 0.25) is 0 Å². The van der Waals surface area contributed by atoms with Gasteiger partial charge < -0.3 is 16.2 Å². The van der Waals surface area contributed by atoms with Crippen LogP contribution in [0.15, 0.2) is 30.3 Å². The van der Waals surface area contributed by atoms with Gasteiger partial charge >= 0.3 is 5.97 Å². The minimum absolute atomic E-state index is 0.237. The highest BCUT2D eigenvalue weighted by atomic mass is 32.2. The Balaban J connectivity index is 0.000000631. The third-order valence-electron chi connectivity index (χ3n) is 1.28. The Hall–Kier alpha value is -2.13. The van der Waals surface area contributed by atoms with Crippen LogP contribution in [0.1, 0.15) is 0 Å². The second-order valence-electron chi connectivity index (χ2n) is 2.97. The monoisotopic (exact) mass is 275 g/mol. The van der Waals surface area contributed by atoms with Crippen LogP contribution in [0.25, 0.3) is 0 Å². The second-order valence-corrected chi connectivity index (χ2v) is 4.42. The number of guanidine groups is 1. The van der Waals surface area contributed by atoms with Crippen LogP contribution in [0.3, 0.4) is 0 Å². The van der Waals surface area contributed by atoms with Gasteiger partial charge in [-0.05, 0) is 12.1 Å². The fourth-order valence-corrected chi connectivity index (χ4v) is 1.16. The number of nitrogens with one attached hydrogen (secondary N) is 1. The molecule has 0 heterocycles. The summed E-state index contributed by atoms with van der Waals surface area (Å²) in [7, 11) is -4.32. The van der Waals surface area contributed by atoms with E-state index in [2.05, 4.69) is 16.2 Å². The molecule has 0 fully saturated rings. The standard InChI is InChI=1S/C8H8O5S.CH5N3/c9-8(6-14(10,11)12)13-7-4-2-1-3-5-7;2-1(3)4/h1-5H,6H2,(H,10,11,12);(H5,2,3,4). The van der Waals surface area contributed by atoms with E-state index in [1.54, 1.807) is 18.2 Å². The minimum Gasteiger partial charge on any atom is -0.426 e. The normalized spacial score (nSPS) is 9.83. The molecule has 1 aromatic rings. The SMILES string of the molecule is N=C(N)N.O=C(CS(=O)(=O)O)Oc1ccccc1. The second kappa shape index (κ2) is 7.25. The van der Waals surface area contributed by atoms with Crippen molar-refractivity contribution in [1.82, 2.24) is 0 Å². The van der Waals surface area contributed by atoms with Crippen LogP contribution in [0.4, 0.5) is 0 Å². The number of nitrogens with two attached hydrogens (primary N) is 2. The van der Waals surface area contributed by atoms with Crippen LogP contribution in [0.5, 0.6) is 5.75 Å². The lowest BCUT2D eigenvalue weighted by atomic mass is 10.3. The summed E-state index contributed by atoms with van der Waals surface area (Å²) in [6, 6.07) is 8.00. The molecule has 0 amide bonds. The maximum atomic E-state index is 10.9. The van der Waals surface area contributed by atoms with Crippen LogP contribution in [0.2, 0.25) is 0 Å². The van der Waals surface area contributed by atoms with Crippen LogP contribution in [0, 0.1) is 5.41 Å². The first-order valence-corrected chi connectivity index (χ1v) is 6.12. The van der Waals surface area contributed by atoms with Crippen molar-refractivity contribution in [2.24, 2.45) is 11.5 Å². The van der Waals surface area contributed by atoms with Crippen LogP contribution < -0.4 is 16.2 Å². The summed E-state index contributed by atoms with van der Waals surface area (Å²) in [6.45, 7) is 0. The summed E-state index contributed by atoms with van der Waals surface area (Å²) in [5, 5.41) is 6.06. The number of carbonyl (C=O) groups is 1. The minimum atomic E-state index is -4.32. The van der Waals surface area contributed by atoms with Gasteiger partial charge in [0.05, 0.1) is 0 Å². The van der Waals surface area contributed by atoms with Crippen LogP contribution in [-0.4, -0.2) is 30.7 Å². The van der Waals surface area contributed by atoms with E-state index in [1.165, 1.54) is 12.1 Å². The molecule has 0 saturated carbocycles. The Labute approximate surface area is 104 Å². The molecule has 0 radical (unpaired) electrons. The Bertz CT molecular complexity index is 496. The van der Waals surface area contributed by atoms with Crippen molar-refractivity contribution in [2.75, 3.05) is 5.75 Å². The van der Waals surface area contributed by atoms with Gasteiger partial charge in [0.25, 0.3) is 10.1 Å². The van der Waals surface area contributed by atoms with E-state index < -0.39 is 21.8 Å². The van der Waals surface area contributed by atoms with E-state index in [1.807, 2.05) is 0 Å². The number of benzene rings is 1. The van der Waals surface area contributed by atoms with Crippen molar-refractivity contribution in [3.05, 3.63) is 30.3 Å². The summed E-state index contributed by atoms with van der Waals surface area (Å²) in [5.41, 5.74) is 8.94. The molecule has 9 heteroatoms. The Kier molecular flexibility index (Phi) is 6.39. The molecule has 0 aliphatic rings. The topological polar surface area (TPSA) is 157 Å². The maximum absolute atomic E-state index is 10.9. The summed E-state index contributed by atoms with van der Waals surface area (Å²) >= 11 is 0. The highest BCUT2D eigenvalue weighted by Crippen LogP contribution is 2.08. The van der Waals surface area contributed by atoms with Crippen molar-refractivity contribution in [3.8, 4) is 5.75 Å². The van der Waals surface area contributed by atoms with Gasteiger partial charge in [0, 0.05) is 0 Å². The molecule has 100 valence electrons. The number of para-hydroxylation sites is 1. The van der Waals surface area contributed by atoms with Crippen molar-refractivity contribution >= 4 is 22.0 Å². The predicted molar refractivity (Wildman–Crippen MR) is 64.6 cm³/mol. The molecule has 0 aliphatic carbocycles. The van der Waals surface area contributed by atoms with Gasteiger partial charge in [-0.25, -0.2) is 0 Å². The number of ether oxygens (including phenoxy) is 1. The van der Waals surface area contributed by atoms with Gasteiger partial charge in [-0.15, -0.1) is 0 Å². The fraction of sp³-hybridized carbons (Fsp3) is 0.111. The van der Waals surface area contributed by atoms with E-state index in [9.17, 15) is 13.2 Å². The molecule has 1 aromatic carbocycles. The zero-order valence-electron chi connectivity index (χ0n) is 9.24. The lowest BCUT2D eigenvalue weighted by Gasteiger charge is -2.01. The van der Waals surface area contributed by atoms with Crippen molar-refractivity contribution < 1.29 is 22.5 Å². The molecule has 1 rings (SSSR count). The molecule has 0 unspecified atom stereocenters. The molecule has 0 bridgehead atoms. The quantitative estimate of drug-likeness (QED) is 0.187. The highest BCUT2D eigenvalue weighted by molar-refractivity contribution is 7.86. The highest BCUT2D eigenvalue weighted by Gasteiger charge is 2.14. The van der Waals surface area contributed by atoms with Crippen molar-refractivity contribution in [1.29, 1.82) is 5.41 Å². The number of hydrogen-bond donors (Lipinski definition) is 4. The van der Waals surface area contributed by atoms with Crippen molar-refractivity contribution in [2.45, 2.75) is 0 Å². The molecular formula is C9H13N3O5S. The first-order chi connectivity index (χ1) is 8.20. The fourth-order valence-electron chi connectivity index (χ4n) is 0.798. The van der Waals surface area contributed by atoms with E-state index in [-0.39, 0.29) is 11.7 Å². The van der Waals surface area contributed by atoms with E-state index in [4.69, 9.17) is 9.96 Å². The summed E-state index contributed by atoms with van der Waals surface area (Å²) in [4.78, 5) is 10.9. The van der Waals surface area contributed by atoms with Gasteiger partial charge in [-0.2, -0.15) is 8.42 Å². The largest absolute Gasteiger partial charge is 0.426 e. The zero-order chi connectivity index (χ0) is 14.2. The Morgan fingerprint density at radius 1 is 1.28 bits per heavy atom. The molecule has 0 aromatic heterocycles. The first-order valence-electron chi connectivity index (χ1n) is 4.51. The van der Waals surface area contributed by atoms with Crippen LogP contribution in [-0.2, 0) is 14.9 Å². The molecule has 8 nitrogen and oxygen atoms in total. The maximum Gasteiger partial charge on any atom is 0.329 e.